The van der Waals surface area contributed by atoms with Gasteiger partial charge in [0.25, 0.3) is 0 Å². The SMILES string of the molecule is C=C(C)COc1ccc(-c2ccc(CC(=O)O)o2)cc1. The van der Waals surface area contributed by atoms with Gasteiger partial charge in [-0.15, -0.1) is 0 Å². The summed E-state index contributed by atoms with van der Waals surface area (Å²) in [6.45, 7) is 6.17. The molecular weight excluding hydrogens is 256 g/mol. The van der Waals surface area contributed by atoms with E-state index in [1.54, 1.807) is 12.1 Å². The van der Waals surface area contributed by atoms with E-state index >= 15 is 0 Å². The van der Waals surface area contributed by atoms with Crippen LogP contribution in [0.3, 0.4) is 0 Å². The molecule has 0 fully saturated rings. The molecule has 1 aromatic carbocycles. The Morgan fingerprint density at radius 2 is 1.95 bits per heavy atom. The van der Waals surface area contributed by atoms with Crippen molar-refractivity contribution in [2.45, 2.75) is 13.3 Å². The molecule has 1 N–H and O–H groups in total. The lowest BCUT2D eigenvalue weighted by Gasteiger charge is -2.06. The summed E-state index contributed by atoms with van der Waals surface area (Å²) in [6, 6.07) is 10.9. The first-order chi connectivity index (χ1) is 9.54. The first-order valence-electron chi connectivity index (χ1n) is 6.23. The van der Waals surface area contributed by atoms with Crippen LogP contribution in [0.15, 0.2) is 53.0 Å². The van der Waals surface area contributed by atoms with Crippen LogP contribution in [0.2, 0.25) is 0 Å². The lowest BCUT2D eigenvalue weighted by Crippen LogP contribution is -1.98. The van der Waals surface area contributed by atoms with E-state index in [2.05, 4.69) is 6.58 Å². The Bertz CT molecular complexity index is 608. The van der Waals surface area contributed by atoms with Crippen LogP contribution in [-0.4, -0.2) is 17.7 Å². The highest BCUT2D eigenvalue weighted by molar-refractivity contribution is 5.70. The van der Waals surface area contributed by atoms with Gasteiger partial charge in [-0.25, -0.2) is 0 Å². The first kappa shape index (κ1) is 13.9. The molecule has 0 atom stereocenters. The van der Waals surface area contributed by atoms with E-state index in [0.29, 0.717) is 18.1 Å². The number of hydrogen-bond acceptors (Lipinski definition) is 3. The van der Waals surface area contributed by atoms with Crippen LogP contribution in [0.25, 0.3) is 11.3 Å². The van der Waals surface area contributed by atoms with E-state index < -0.39 is 5.97 Å². The maximum atomic E-state index is 10.6. The van der Waals surface area contributed by atoms with Crippen molar-refractivity contribution >= 4 is 5.97 Å². The molecule has 1 aromatic heterocycles. The Kier molecular flexibility index (Phi) is 4.25. The van der Waals surface area contributed by atoms with Crippen LogP contribution in [-0.2, 0) is 11.2 Å². The summed E-state index contributed by atoms with van der Waals surface area (Å²) in [5, 5.41) is 8.70. The van der Waals surface area contributed by atoms with Gasteiger partial charge in [0.05, 0.1) is 0 Å². The zero-order valence-electron chi connectivity index (χ0n) is 11.3. The van der Waals surface area contributed by atoms with Crippen LogP contribution in [0.1, 0.15) is 12.7 Å². The maximum absolute atomic E-state index is 10.6. The van der Waals surface area contributed by atoms with Crippen molar-refractivity contribution in [1.29, 1.82) is 0 Å². The molecule has 4 heteroatoms. The van der Waals surface area contributed by atoms with Crippen LogP contribution in [0, 0.1) is 0 Å². The number of hydrogen-bond donors (Lipinski definition) is 1. The molecule has 2 aromatic rings. The molecule has 0 saturated heterocycles. The van der Waals surface area contributed by atoms with Gasteiger partial charge in [-0.2, -0.15) is 0 Å². The number of aliphatic carboxylic acids is 1. The molecule has 4 nitrogen and oxygen atoms in total. The van der Waals surface area contributed by atoms with Gasteiger partial charge in [-0.05, 0) is 48.9 Å². The largest absolute Gasteiger partial charge is 0.489 e. The molecule has 0 aliphatic heterocycles. The molecule has 0 bridgehead atoms. The third-order valence-electron chi connectivity index (χ3n) is 2.61. The summed E-state index contributed by atoms with van der Waals surface area (Å²) in [4.78, 5) is 10.6. The smallest absolute Gasteiger partial charge is 0.311 e. The van der Waals surface area contributed by atoms with Crippen molar-refractivity contribution in [3.8, 4) is 17.1 Å². The van der Waals surface area contributed by atoms with Gasteiger partial charge in [-0.1, -0.05) is 6.58 Å². The van der Waals surface area contributed by atoms with E-state index in [4.69, 9.17) is 14.3 Å². The monoisotopic (exact) mass is 272 g/mol. The van der Waals surface area contributed by atoms with Gasteiger partial charge in [0.15, 0.2) is 0 Å². The Morgan fingerprint density at radius 3 is 2.55 bits per heavy atom. The highest BCUT2D eigenvalue weighted by Crippen LogP contribution is 2.24. The van der Waals surface area contributed by atoms with E-state index in [9.17, 15) is 4.79 Å². The van der Waals surface area contributed by atoms with Gasteiger partial charge in [0.2, 0.25) is 0 Å². The molecule has 0 unspecified atom stereocenters. The molecule has 0 spiro atoms. The average Bonchev–Trinajstić information content (AvgIpc) is 2.84. The van der Waals surface area contributed by atoms with Crippen molar-refractivity contribution in [2.75, 3.05) is 6.61 Å². The Labute approximate surface area is 117 Å². The van der Waals surface area contributed by atoms with Crippen LogP contribution < -0.4 is 4.74 Å². The Morgan fingerprint density at radius 1 is 1.25 bits per heavy atom. The molecule has 0 radical (unpaired) electrons. The molecule has 0 amide bonds. The highest BCUT2D eigenvalue weighted by Gasteiger charge is 2.08. The minimum Gasteiger partial charge on any atom is -0.489 e. The molecule has 2 rings (SSSR count). The molecular formula is C16H16O4. The molecule has 0 aliphatic carbocycles. The number of furan rings is 1. The fourth-order valence-electron chi connectivity index (χ4n) is 1.70. The first-order valence-corrected chi connectivity index (χ1v) is 6.23. The second kappa shape index (κ2) is 6.10. The molecule has 0 aliphatic rings. The summed E-state index contributed by atoms with van der Waals surface area (Å²) < 4.78 is 11.0. The predicted molar refractivity (Wildman–Crippen MR) is 75.8 cm³/mol. The zero-order valence-corrected chi connectivity index (χ0v) is 11.3. The Hall–Kier alpha value is -2.49. The maximum Gasteiger partial charge on any atom is 0.311 e. The van der Waals surface area contributed by atoms with Gasteiger partial charge >= 0.3 is 5.97 Å². The molecule has 20 heavy (non-hydrogen) atoms. The number of carboxylic acid groups (broad SMARTS) is 1. The minimum atomic E-state index is -0.908. The van der Waals surface area contributed by atoms with Crippen LogP contribution >= 0.6 is 0 Å². The standard InChI is InChI=1S/C16H16O4/c1-11(2)10-19-13-5-3-12(4-6-13)15-8-7-14(20-15)9-16(17)18/h3-8H,1,9-10H2,2H3,(H,17,18). The Balaban J connectivity index is 2.07. The van der Waals surface area contributed by atoms with E-state index in [1.807, 2.05) is 31.2 Å². The molecule has 104 valence electrons. The quantitative estimate of drug-likeness (QED) is 0.817. The summed E-state index contributed by atoms with van der Waals surface area (Å²) in [7, 11) is 0. The number of carbonyl (C=O) groups is 1. The minimum absolute atomic E-state index is 0.111. The van der Waals surface area contributed by atoms with Gasteiger partial charge in [0.1, 0.15) is 30.3 Å². The van der Waals surface area contributed by atoms with Crippen molar-refractivity contribution in [3.63, 3.8) is 0 Å². The summed E-state index contributed by atoms with van der Waals surface area (Å²) >= 11 is 0. The topological polar surface area (TPSA) is 59.7 Å². The number of benzene rings is 1. The normalized spacial score (nSPS) is 10.2. The van der Waals surface area contributed by atoms with Crippen molar-refractivity contribution in [1.82, 2.24) is 0 Å². The van der Waals surface area contributed by atoms with Crippen LogP contribution in [0.5, 0.6) is 5.75 Å². The molecule has 1 heterocycles. The third-order valence-corrected chi connectivity index (χ3v) is 2.61. The van der Waals surface area contributed by atoms with Crippen LogP contribution in [0.4, 0.5) is 0 Å². The second-order valence-corrected chi connectivity index (χ2v) is 4.61. The van der Waals surface area contributed by atoms with Crippen molar-refractivity contribution < 1.29 is 19.1 Å². The summed E-state index contributed by atoms with van der Waals surface area (Å²) in [6.07, 6.45) is -0.111. The van der Waals surface area contributed by atoms with Gasteiger partial charge in [-0.3, -0.25) is 4.79 Å². The van der Waals surface area contributed by atoms with Gasteiger partial charge in [0, 0.05) is 5.56 Å². The fraction of sp³-hybridized carbons (Fsp3) is 0.188. The summed E-state index contributed by atoms with van der Waals surface area (Å²) in [5.74, 6) is 0.936. The average molecular weight is 272 g/mol. The molecule has 0 saturated carbocycles. The highest BCUT2D eigenvalue weighted by atomic mass is 16.5. The number of ether oxygens (including phenoxy) is 1. The zero-order chi connectivity index (χ0) is 14.5. The number of carboxylic acids is 1. The second-order valence-electron chi connectivity index (χ2n) is 4.61. The predicted octanol–water partition coefficient (Wildman–Crippen LogP) is 3.53. The lowest BCUT2D eigenvalue weighted by molar-refractivity contribution is -0.136. The van der Waals surface area contributed by atoms with Gasteiger partial charge < -0.3 is 14.3 Å². The van der Waals surface area contributed by atoms with Crippen molar-refractivity contribution in [3.05, 3.63) is 54.3 Å². The van der Waals surface area contributed by atoms with E-state index in [1.165, 1.54) is 0 Å². The van der Waals surface area contributed by atoms with E-state index in [0.717, 1.165) is 16.9 Å². The van der Waals surface area contributed by atoms with Crippen molar-refractivity contribution in [2.24, 2.45) is 0 Å². The fourth-order valence-corrected chi connectivity index (χ4v) is 1.70. The summed E-state index contributed by atoms with van der Waals surface area (Å²) in [5.41, 5.74) is 1.84. The lowest BCUT2D eigenvalue weighted by atomic mass is 10.2. The van der Waals surface area contributed by atoms with E-state index in [-0.39, 0.29) is 6.42 Å². The third kappa shape index (κ3) is 3.75. The number of rotatable bonds is 6.